The van der Waals surface area contributed by atoms with Crippen LogP contribution in [0.4, 0.5) is 0 Å². The minimum absolute atomic E-state index is 0.0105. The Labute approximate surface area is 688 Å². The second kappa shape index (κ2) is 54.1. The van der Waals surface area contributed by atoms with Crippen LogP contribution < -0.4 is 120 Å². The first-order valence-corrected chi connectivity index (χ1v) is 39.9. The first-order valence-electron chi connectivity index (χ1n) is 39.9. The van der Waals surface area contributed by atoms with Crippen LogP contribution in [0.2, 0.25) is 0 Å². The standard InChI is InChI=1S/C79H126N24O15/c1-8-47(6)65(77(118)97-56(33-23-37-90-79(87)88)71(112)100-58(68(109)91-43-62(84)105)40-50-26-14-10-15-27-50)103-72(113)54(31-19-21-35-81)96-76(117)64(46(4)5)102-63(106)44-92-66(107)48(7)93-69(110)53(30-18-20-34-80)94-73(114)57(38-45(2)3)99-70(111)55(32-22-36-89-78(85)86)95-74(115)59(41-51-28-16-11-17-29-51)101-75(116)60(42-61(83)104)98-67(108)52(82)39-49-24-12-9-13-25-49/h9-17,24-29,45-48,52-60,64-65H,8,18-23,30-44,80-82H2,1-7H3,(H2,83,104)(H2,84,105)(H,91,109)(H,92,107)(H,93,110)(H,94,114)(H,95,115)(H,96,117)(H,97,118)(H,98,108)(H,99,111)(H,100,112)(H,101,116)(H,102,106)(H,103,113)(H4,85,86,89)(H4,87,88,90)/t47-,48-,52-,53-,54-,55-,56-,57-,58-,59-,60-,64-,65-/m0/s1. The highest BCUT2D eigenvalue weighted by atomic mass is 16.2. The number of unbranched alkanes of at least 4 members (excludes halogenated alkanes) is 2. The Kier molecular flexibility index (Phi) is 46.0. The molecule has 0 aliphatic carbocycles. The van der Waals surface area contributed by atoms with Crippen LogP contribution in [-0.4, -0.2) is 212 Å². The fraction of sp³-hybridized carbons (Fsp3) is 0.557. The van der Waals surface area contributed by atoms with Crippen LogP contribution in [0.25, 0.3) is 0 Å². The highest BCUT2D eigenvalue weighted by Crippen LogP contribution is 2.16. The number of guanidine groups is 2. The van der Waals surface area contributed by atoms with Gasteiger partial charge >= 0.3 is 0 Å². The van der Waals surface area contributed by atoms with E-state index in [-0.39, 0.29) is 108 Å². The van der Waals surface area contributed by atoms with Gasteiger partial charge in [-0.05, 0) is 132 Å². The summed E-state index contributed by atoms with van der Waals surface area (Å²) in [6, 6.07) is 9.59. The largest absolute Gasteiger partial charge is 0.370 e. The molecule has 3 rings (SSSR count). The third-order valence-corrected chi connectivity index (χ3v) is 18.9. The van der Waals surface area contributed by atoms with E-state index >= 15 is 0 Å². The summed E-state index contributed by atoms with van der Waals surface area (Å²) in [5, 5.41) is 54.6. The molecule has 0 aliphatic heterocycles. The molecule has 39 nitrogen and oxygen atoms in total. The molecule has 3 aromatic rings. The van der Waals surface area contributed by atoms with Crippen molar-refractivity contribution in [3.63, 3.8) is 0 Å². The lowest BCUT2D eigenvalue weighted by Gasteiger charge is -2.30. The van der Waals surface area contributed by atoms with Crippen molar-refractivity contribution in [2.75, 3.05) is 39.3 Å². The Hall–Kier alpha value is -11.9. The van der Waals surface area contributed by atoms with Gasteiger partial charge in [-0.2, -0.15) is 0 Å². The molecule has 31 N–H and O–H groups in total. The van der Waals surface area contributed by atoms with Crippen LogP contribution in [-0.2, 0) is 91.2 Å². The number of rotatable bonds is 56. The minimum atomic E-state index is -1.60. The van der Waals surface area contributed by atoms with Crippen molar-refractivity contribution in [2.45, 2.75) is 224 Å². The van der Waals surface area contributed by atoms with E-state index in [1.54, 1.807) is 133 Å². The lowest BCUT2D eigenvalue weighted by atomic mass is 9.96. The van der Waals surface area contributed by atoms with Crippen molar-refractivity contribution in [3.05, 3.63) is 108 Å². The van der Waals surface area contributed by atoms with E-state index in [0.29, 0.717) is 43.2 Å². The molecule has 0 bridgehead atoms. The smallest absolute Gasteiger partial charge is 0.243 e. The Morgan fingerprint density at radius 1 is 0.356 bits per heavy atom. The van der Waals surface area contributed by atoms with Gasteiger partial charge in [0.15, 0.2) is 11.9 Å². The van der Waals surface area contributed by atoms with Crippen LogP contribution in [0.5, 0.6) is 0 Å². The number of amides is 15. The first-order chi connectivity index (χ1) is 56.0. The zero-order chi connectivity index (χ0) is 88.0. The molecule has 0 saturated carbocycles. The fourth-order valence-electron chi connectivity index (χ4n) is 12.2. The van der Waals surface area contributed by atoms with E-state index in [2.05, 4.69) is 79.8 Å². The lowest BCUT2D eigenvalue weighted by Crippen LogP contribution is -2.61. The molecule has 0 aliphatic rings. The van der Waals surface area contributed by atoms with E-state index in [1.807, 2.05) is 0 Å². The van der Waals surface area contributed by atoms with E-state index in [0.717, 1.165) is 5.56 Å². The lowest BCUT2D eigenvalue weighted by molar-refractivity contribution is -0.136. The molecule has 652 valence electrons. The van der Waals surface area contributed by atoms with Gasteiger partial charge in [-0.1, -0.05) is 139 Å². The second-order valence-electron chi connectivity index (χ2n) is 29.8. The third-order valence-electron chi connectivity index (χ3n) is 18.9. The summed E-state index contributed by atoms with van der Waals surface area (Å²) < 4.78 is 0. The first kappa shape index (κ1) is 100. The highest BCUT2D eigenvalue weighted by molar-refractivity contribution is 6.00. The monoisotopic (exact) mass is 1650 g/mol. The van der Waals surface area contributed by atoms with Crippen molar-refractivity contribution < 1.29 is 71.9 Å². The molecular weight excluding hydrogens is 1530 g/mol. The molecule has 39 heteroatoms. The summed E-state index contributed by atoms with van der Waals surface area (Å²) >= 11 is 0. The van der Waals surface area contributed by atoms with Crippen molar-refractivity contribution in [1.82, 2.24) is 79.8 Å². The summed E-state index contributed by atoms with van der Waals surface area (Å²) in [5.41, 5.74) is 41.7. The number of nitrogens with one attached hydrogen (secondary N) is 17. The summed E-state index contributed by atoms with van der Waals surface area (Å²) in [6.07, 6.45) is 1.06. The average molecular weight is 1650 g/mol. The molecule has 118 heavy (non-hydrogen) atoms. The zero-order valence-corrected chi connectivity index (χ0v) is 68.5. The van der Waals surface area contributed by atoms with Crippen molar-refractivity contribution in [1.29, 1.82) is 10.8 Å². The number of carbonyl (C=O) groups excluding carboxylic acids is 15. The van der Waals surface area contributed by atoms with Gasteiger partial charge in [0.1, 0.15) is 66.5 Å². The summed E-state index contributed by atoms with van der Waals surface area (Å²) in [7, 11) is 0. The van der Waals surface area contributed by atoms with Crippen LogP contribution in [0, 0.1) is 28.6 Å². The van der Waals surface area contributed by atoms with Crippen molar-refractivity contribution >= 4 is 101 Å². The number of hydrogen-bond donors (Lipinski definition) is 24. The van der Waals surface area contributed by atoms with E-state index < -0.39 is 192 Å². The Bertz CT molecular complexity index is 3790. The maximum atomic E-state index is 14.7. The number of benzene rings is 3. The van der Waals surface area contributed by atoms with Gasteiger partial charge in [0.25, 0.3) is 0 Å². The quantitative estimate of drug-likeness (QED) is 0.0144. The molecule has 0 saturated heterocycles. The van der Waals surface area contributed by atoms with Crippen molar-refractivity contribution in [3.8, 4) is 0 Å². The van der Waals surface area contributed by atoms with E-state index in [4.69, 9.17) is 51.0 Å². The summed E-state index contributed by atoms with van der Waals surface area (Å²) in [6.45, 7) is 10.9. The predicted octanol–water partition coefficient (Wildman–Crippen LogP) is -4.48. The van der Waals surface area contributed by atoms with Gasteiger partial charge in [-0.15, -0.1) is 0 Å². The SMILES string of the molecule is CC[C@H](C)[C@H](NC(=O)[C@H](CCCCN)NC(=O)[C@@H](NC(=O)CNC(=O)[C@H](C)NC(=O)[C@H](CCCCN)NC(=O)[C@H](CC(C)C)NC(=O)[C@H](CCCNC(=N)N)NC(=O)[C@H](Cc1ccccc1)NC(=O)[C@H](CC(N)=O)NC(=O)[C@@H](N)Cc1ccccc1)C(C)C)C(=O)N[C@@H](CCCNC(=N)N)C(=O)N[C@@H](Cc1ccccc1)C(=O)NCC(N)=O. The van der Waals surface area contributed by atoms with Gasteiger partial charge in [-0.25, -0.2) is 0 Å². The highest BCUT2D eigenvalue weighted by Gasteiger charge is 2.38. The third kappa shape index (κ3) is 39.2. The molecule has 0 radical (unpaired) electrons. The number of hydrogen-bond acceptors (Lipinski definition) is 20. The molecule has 3 aromatic carbocycles. The number of nitrogens with two attached hydrogens (primary N) is 7. The Balaban J connectivity index is 1.83. The molecule has 0 heterocycles. The topological polar surface area (TPSA) is 666 Å². The normalized spacial score (nSPS) is 14.3. The molecular formula is C79H126N24O15. The van der Waals surface area contributed by atoms with E-state index in [1.165, 1.54) is 6.92 Å². The maximum absolute atomic E-state index is 14.7. The van der Waals surface area contributed by atoms with E-state index in [9.17, 15) is 71.9 Å². The number of carbonyl (C=O) groups is 15. The molecule has 15 amide bonds. The van der Waals surface area contributed by atoms with Crippen molar-refractivity contribution in [2.24, 2.45) is 57.9 Å². The second-order valence-corrected chi connectivity index (χ2v) is 29.8. The van der Waals surface area contributed by atoms with Crippen LogP contribution in [0.15, 0.2) is 91.0 Å². The Morgan fingerprint density at radius 2 is 0.720 bits per heavy atom. The zero-order valence-electron chi connectivity index (χ0n) is 68.5. The molecule has 13 atom stereocenters. The summed E-state index contributed by atoms with van der Waals surface area (Å²) in [5.74, 6) is -15.0. The molecule has 0 unspecified atom stereocenters. The summed E-state index contributed by atoms with van der Waals surface area (Å²) in [4.78, 5) is 208. The van der Waals surface area contributed by atoms with Crippen LogP contribution >= 0.6 is 0 Å². The van der Waals surface area contributed by atoms with Gasteiger partial charge < -0.3 is 120 Å². The molecule has 0 fully saturated rings. The van der Waals surface area contributed by atoms with Crippen LogP contribution in [0.1, 0.15) is 149 Å². The average Bonchev–Trinajstić information content (AvgIpc) is 0.856. The van der Waals surface area contributed by atoms with Gasteiger partial charge in [0, 0.05) is 25.9 Å². The molecule has 0 aromatic heterocycles. The van der Waals surface area contributed by atoms with Gasteiger partial charge in [-0.3, -0.25) is 82.7 Å². The number of primary amides is 2. The predicted molar refractivity (Wildman–Crippen MR) is 442 cm³/mol. The van der Waals surface area contributed by atoms with Crippen LogP contribution in [0.3, 0.4) is 0 Å². The maximum Gasteiger partial charge on any atom is 0.243 e. The van der Waals surface area contributed by atoms with Gasteiger partial charge in [0.2, 0.25) is 88.6 Å². The van der Waals surface area contributed by atoms with Gasteiger partial charge in [0.05, 0.1) is 25.6 Å². The minimum Gasteiger partial charge on any atom is -0.370 e. The molecule has 0 spiro atoms. The fourth-order valence-corrected chi connectivity index (χ4v) is 12.2. The Morgan fingerprint density at radius 3 is 1.14 bits per heavy atom.